The van der Waals surface area contributed by atoms with Gasteiger partial charge in [-0.15, -0.1) is 0 Å². The van der Waals surface area contributed by atoms with Crippen LogP contribution in [0.5, 0.6) is 5.75 Å². The third-order valence-corrected chi connectivity index (χ3v) is 3.41. The van der Waals surface area contributed by atoms with Crippen LogP contribution >= 0.6 is 0 Å². The first-order valence-electron chi connectivity index (χ1n) is 6.75. The SMILES string of the molecule is CC(=O)c1ccc(OC2=CC(=O)c3ccccc3C2=O)cc1. The van der Waals surface area contributed by atoms with E-state index in [1.54, 1.807) is 48.5 Å². The summed E-state index contributed by atoms with van der Waals surface area (Å²) in [6.07, 6.45) is 1.20. The Hall–Kier alpha value is -3.01. The Bertz CT molecular complexity index is 813. The fourth-order valence-electron chi connectivity index (χ4n) is 2.25. The number of hydrogen-bond acceptors (Lipinski definition) is 4. The van der Waals surface area contributed by atoms with Crippen LogP contribution in [0, 0.1) is 0 Å². The van der Waals surface area contributed by atoms with Crippen molar-refractivity contribution >= 4 is 17.3 Å². The minimum Gasteiger partial charge on any atom is -0.453 e. The largest absolute Gasteiger partial charge is 0.453 e. The summed E-state index contributed by atoms with van der Waals surface area (Å²) >= 11 is 0. The van der Waals surface area contributed by atoms with Crippen molar-refractivity contribution in [2.24, 2.45) is 0 Å². The highest BCUT2D eigenvalue weighted by Crippen LogP contribution is 2.24. The van der Waals surface area contributed by atoms with Crippen LogP contribution in [0.15, 0.2) is 60.4 Å². The third-order valence-electron chi connectivity index (χ3n) is 3.41. The summed E-state index contributed by atoms with van der Waals surface area (Å²) in [5, 5.41) is 0. The fourth-order valence-corrected chi connectivity index (χ4v) is 2.25. The van der Waals surface area contributed by atoms with Gasteiger partial charge < -0.3 is 4.74 Å². The quantitative estimate of drug-likeness (QED) is 0.815. The van der Waals surface area contributed by atoms with Crippen LogP contribution in [-0.2, 0) is 0 Å². The van der Waals surface area contributed by atoms with Gasteiger partial charge >= 0.3 is 0 Å². The van der Waals surface area contributed by atoms with Gasteiger partial charge in [-0.2, -0.15) is 0 Å². The van der Waals surface area contributed by atoms with E-state index in [9.17, 15) is 14.4 Å². The first kappa shape index (κ1) is 13.9. The van der Waals surface area contributed by atoms with E-state index in [-0.39, 0.29) is 23.1 Å². The number of allylic oxidation sites excluding steroid dienone is 2. The minimum absolute atomic E-state index is 0.0146. The molecule has 0 fully saturated rings. The van der Waals surface area contributed by atoms with Crippen LogP contribution in [0.3, 0.4) is 0 Å². The Kier molecular flexibility index (Phi) is 3.43. The van der Waals surface area contributed by atoms with E-state index in [1.807, 2.05) is 0 Å². The summed E-state index contributed by atoms with van der Waals surface area (Å²) in [6.45, 7) is 1.47. The zero-order chi connectivity index (χ0) is 15.7. The maximum atomic E-state index is 12.3. The number of ether oxygens (including phenoxy) is 1. The molecule has 2 aromatic carbocycles. The van der Waals surface area contributed by atoms with Crippen LogP contribution in [0.2, 0.25) is 0 Å². The zero-order valence-corrected chi connectivity index (χ0v) is 11.8. The normalized spacial score (nSPS) is 13.4. The van der Waals surface area contributed by atoms with Gasteiger partial charge in [0.25, 0.3) is 0 Å². The molecule has 2 aromatic rings. The molecule has 1 aliphatic carbocycles. The van der Waals surface area contributed by atoms with Gasteiger partial charge in [0.05, 0.1) is 0 Å². The molecular formula is C18H12O4. The highest BCUT2D eigenvalue weighted by molar-refractivity contribution is 6.23. The highest BCUT2D eigenvalue weighted by Gasteiger charge is 2.26. The molecule has 0 aliphatic heterocycles. The molecule has 0 bridgehead atoms. The number of benzene rings is 2. The molecule has 0 spiro atoms. The number of carbonyl (C=O) groups excluding carboxylic acids is 3. The Labute approximate surface area is 127 Å². The summed E-state index contributed by atoms with van der Waals surface area (Å²) in [5.74, 6) is -0.254. The van der Waals surface area contributed by atoms with Crippen LogP contribution in [0.25, 0.3) is 0 Å². The van der Waals surface area contributed by atoms with Gasteiger partial charge in [0, 0.05) is 22.8 Å². The lowest BCUT2D eigenvalue weighted by molar-refractivity contribution is 0.0946. The van der Waals surface area contributed by atoms with Gasteiger partial charge in [0.2, 0.25) is 5.78 Å². The van der Waals surface area contributed by atoms with E-state index in [2.05, 4.69) is 0 Å². The topological polar surface area (TPSA) is 60.4 Å². The molecule has 0 radical (unpaired) electrons. The lowest BCUT2D eigenvalue weighted by atomic mass is 9.94. The van der Waals surface area contributed by atoms with E-state index in [1.165, 1.54) is 13.0 Å². The molecule has 0 heterocycles. The number of fused-ring (bicyclic) bond motifs is 1. The lowest BCUT2D eigenvalue weighted by Crippen LogP contribution is -2.20. The second-order valence-corrected chi connectivity index (χ2v) is 4.93. The first-order chi connectivity index (χ1) is 10.6. The number of rotatable bonds is 3. The number of ketones is 3. The molecule has 4 nitrogen and oxygen atoms in total. The van der Waals surface area contributed by atoms with Crippen molar-refractivity contribution < 1.29 is 19.1 Å². The molecule has 0 atom stereocenters. The number of hydrogen-bond donors (Lipinski definition) is 0. The van der Waals surface area contributed by atoms with Crippen LogP contribution in [0.1, 0.15) is 38.0 Å². The molecule has 108 valence electrons. The smallest absolute Gasteiger partial charge is 0.229 e. The molecular weight excluding hydrogens is 280 g/mol. The number of Topliss-reactive ketones (excluding diaryl/α,β-unsaturated/α-hetero) is 2. The average molecular weight is 292 g/mol. The first-order valence-corrected chi connectivity index (χ1v) is 6.75. The van der Waals surface area contributed by atoms with Crippen LogP contribution in [0.4, 0.5) is 0 Å². The van der Waals surface area contributed by atoms with Crippen LogP contribution in [-0.4, -0.2) is 17.3 Å². The predicted molar refractivity (Wildman–Crippen MR) is 80.3 cm³/mol. The van der Waals surface area contributed by atoms with Crippen molar-refractivity contribution in [3.8, 4) is 5.75 Å². The third kappa shape index (κ3) is 2.46. The standard InChI is InChI=1S/C18H12O4/c1-11(19)12-6-8-13(9-7-12)22-17-10-16(20)14-4-2-3-5-15(14)18(17)21/h2-10H,1H3. The van der Waals surface area contributed by atoms with E-state index in [0.29, 0.717) is 22.4 Å². The van der Waals surface area contributed by atoms with Crippen molar-refractivity contribution in [1.82, 2.24) is 0 Å². The molecule has 0 N–H and O–H groups in total. The summed E-state index contributed by atoms with van der Waals surface area (Å²) in [5.41, 5.74) is 1.27. The molecule has 0 aromatic heterocycles. The van der Waals surface area contributed by atoms with E-state index >= 15 is 0 Å². The second-order valence-electron chi connectivity index (χ2n) is 4.93. The predicted octanol–water partition coefficient (Wildman–Crippen LogP) is 3.23. The average Bonchev–Trinajstić information content (AvgIpc) is 2.53. The van der Waals surface area contributed by atoms with Gasteiger partial charge in [-0.25, -0.2) is 0 Å². The van der Waals surface area contributed by atoms with Gasteiger partial charge in [0.15, 0.2) is 17.3 Å². The zero-order valence-electron chi connectivity index (χ0n) is 11.8. The molecule has 1 aliphatic rings. The Balaban J connectivity index is 1.89. The highest BCUT2D eigenvalue weighted by atomic mass is 16.5. The lowest BCUT2D eigenvalue weighted by Gasteiger charge is -2.15. The Morgan fingerprint density at radius 3 is 2.18 bits per heavy atom. The Morgan fingerprint density at radius 2 is 1.55 bits per heavy atom. The van der Waals surface area contributed by atoms with Gasteiger partial charge in [-0.3, -0.25) is 14.4 Å². The summed E-state index contributed by atoms with van der Waals surface area (Å²) in [4.78, 5) is 35.6. The Morgan fingerprint density at radius 1 is 0.909 bits per heavy atom. The maximum Gasteiger partial charge on any atom is 0.229 e. The molecule has 0 saturated carbocycles. The monoisotopic (exact) mass is 292 g/mol. The minimum atomic E-state index is -0.328. The van der Waals surface area contributed by atoms with Crippen molar-refractivity contribution in [2.75, 3.05) is 0 Å². The molecule has 0 saturated heterocycles. The van der Waals surface area contributed by atoms with Gasteiger partial charge in [-0.1, -0.05) is 24.3 Å². The van der Waals surface area contributed by atoms with Crippen LogP contribution < -0.4 is 4.74 Å². The fraction of sp³-hybridized carbons (Fsp3) is 0.0556. The van der Waals surface area contributed by atoms with E-state index in [0.717, 1.165) is 0 Å². The number of carbonyl (C=O) groups is 3. The summed E-state index contributed by atoms with van der Waals surface area (Å²) in [6, 6.07) is 13.0. The van der Waals surface area contributed by atoms with E-state index < -0.39 is 0 Å². The van der Waals surface area contributed by atoms with E-state index in [4.69, 9.17) is 4.74 Å². The molecule has 4 heteroatoms. The molecule has 0 unspecified atom stereocenters. The maximum absolute atomic E-state index is 12.3. The van der Waals surface area contributed by atoms with Crippen molar-refractivity contribution in [3.63, 3.8) is 0 Å². The molecule has 22 heavy (non-hydrogen) atoms. The van der Waals surface area contributed by atoms with Gasteiger partial charge in [-0.05, 0) is 31.2 Å². The molecule has 0 amide bonds. The summed E-state index contributed by atoms with van der Waals surface area (Å²) < 4.78 is 5.51. The van der Waals surface area contributed by atoms with Gasteiger partial charge in [0.1, 0.15) is 5.75 Å². The summed E-state index contributed by atoms with van der Waals surface area (Å²) in [7, 11) is 0. The van der Waals surface area contributed by atoms with Crippen molar-refractivity contribution in [3.05, 3.63) is 77.1 Å². The molecule has 3 rings (SSSR count). The van der Waals surface area contributed by atoms with Crippen molar-refractivity contribution in [1.29, 1.82) is 0 Å². The second kappa shape index (κ2) is 5.41. The van der Waals surface area contributed by atoms with Crippen molar-refractivity contribution in [2.45, 2.75) is 6.92 Å².